The Balaban J connectivity index is 4.40. The van der Waals surface area contributed by atoms with Crippen molar-refractivity contribution in [3.8, 4) is 0 Å². The van der Waals surface area contributed by atoms with Crippen LogP contribution in [0.3, 0.4) is 0 Å². The van der Waals surface area contributed by atoms with Gasteiger partial charge in [0.1, 0.15) is 0 Å². The van der Waals surface area contributed by atoms with E-state index in [1.165, 1.54) is 7.05 Å². The molecular weight excluding hydrogens is 256 g/mol. The quantitative estimate of drug-likeness (QED) is 0.756. The van der Waals surface area contributed by atoms with Gasteiger partial charge in [0.05, 0.1) is 6.10 Å². The van der Waals surface area contributed by atoms with Crippen molar-refractivity contribution in [2.75, 3.05) is 13.6 Å². The third kappa shape index (κ3) is 6.14. The Bertz CT molecular complexity index is 329. The van der Waals surface area contributed by atoms with Gasteiger partial charge in [-0.1, -0.05) is 0 Å². The second kappa shape index (κ2) is 6.27. The first kappa shape index (κ1) is 15.5. The van der Waals surface area contributed by atoms with Gasteiger partial charge >= 0.3 is 16.3 Å². The van der Waals surface area contributed by atoms with Crippen molar-refractivity contribution in [3.05, 3.63) is 0 Å². The predicted octanol–water partition coefficient (Wildman–Crippen LogP) is 0.925. The summed E-state index contributed by atoms with van der Waals surface area (Å²) in [6.45, 7) is 5.00. The first-order valence-corrected chi connectivity index (χ1v) is 6.61. The second-order valence-electron chi connectivity index (χ2n) is 3.62. The zero-order valence-corrected chi connectivity index (χ0v) is 11.3. The summed E-state index contributed by atoms with van der Waals surface area (Å²) in [5.41, 5.74) is 0. The number of hydrogen-bond acceptors (Lipinski definition) is 4. The number of amides is 1. The molecular formula is C8H17ClN2O4S. The van der Waals surface area contributed by atoms with Crippen molar-refractivity contribution in [1.82, 2.24) is 9.03 Å². The molecule has 8 heteroatoms. The fourth-order valence-corrected chi connectivity index (χ4v) is 2.00. The summed E-state index contributed by atoms with van der Waals surface area (Å²) in [7, 11) is -2.55. The maximum absolute atomic E-state index is 11.5. The third-order valence-electron chi connectivity index (χ3n) is 1.47. The van der Waals surface area contributed by atoms with Gasteiger partial charge in [-0.05, 0) is 20.8 Å². The number of nitrogens with zero attached hydrogens (tertiary/aromatic N) is 1. The topological polar surface area (TPSA) is 75.7 Å². The number of ether oxygens (including phenoxy) is 1. The molecule has 0 saturated carbocycles. The highest BCUT2D eigenvalue weighted by Crippen LogP contribution is 2.01. The predicted molar refractivity (Wildman–Crippen MR) is 61.6 cm³/mol. The van der Waals surface area contributed by atoms with Gasteiger partial charge in [0, 0.05) is 19.0 Å². The van der Waals surface area contributed by atoms with Gasteiger partial charge in [0.2, 0.25) is 0 Å². The lowest BCUT2D eigenvalue weighted by Gasteiger charge is -2.18. The molecule has 0 saturated heterocycles. The Morgan fingerprint density at radius 1 is 1.44 bits per heavy atom. The van der Waals surface area contributed by atoms with Crippen LogP contribution in [0.5, 0.6) is 0 Å². The highest BCUT2D eigenvalue weighted by Gasteiger charge is 2.22. The molecule has 1 atom stereocenters. The second-order valence-corrected chi connectivity index (χ2v) is 6.15. The van der Waals surface area contributed by atoms with Crippen LogP contribution in [0, 0.1) is 0 Å². The van der Waals surface area contributed by atoms with E-state index in [-0.39, 0.29) is 18.0 Å². The normalized spacial score (nSPS) is 13.9. The van der Waals surface area contributed by atoms with E-state index in [0.29, 0.717) is 0 Å². The van der Waals surface area contributed by atoms with Crippen LogP contribution in [0.25, 0.3) is 0 Å². The molecule has 0 aliphatic rings. The molecule has 0 aliphatic heterocycles. The number of rotatable bonds is 5. The smallest absolute Gasteiger partial charge is 0.422 e. The van der Waals surface area contributed by atoms with E-state index in [0.717, 1.165) is 4.31 Å². The third-order valence-corrected chi connectivity index (χ3v) is 3.01. The number of carbonyl (C=O) groups is 1. The zero-order chi connectivity index (χ0) is 12.9. The fraction of sp³-hybridized carbons (Fsp3) is 0.875. The largest absolute Gasteiger partial charge is 0.446 e. The number of carbonyl (C=O) groups excluding carboxylic acids is 1. The van der Waals surface area contributed by atoms with Crippen LogP contribution >= 0.6 is 11.6 Å². The van der Waals surface area contributed by atoms with E-state index in [4.69, 9.17) is 11.6 Å². The minimum Gasteiger partial charge on any atom is -0.446 e. The van der Waals surface area contributed by atoms with Gasteiger partial charge in [0.25, 0.3) is 0 Å². The first-order chi connectivity index (χ1) is 7.15. The van der Waals surface area contributed by atoms with Gasteiger partial charge < -0.3 is 4.74 Å². The standard InChI is InChI=1S/C8H17ClN2O4S/c1-6(2)15-8(12)10-16(13,14)11(4)5-7(3)9/h6-7H,5H2,1-4H3,(H,10,12). The highest BCUT2D eigenvalue weighted by molar-refractivity contribution is 7.87. The van der Waals surface area contributed by atoms with E-state index in [9.17, 15) is 13.2 Å². The maximum atomic E-state index is 11.5. The summed E-state index contributed by atoms with van der Waals surface area (Å²) in [6, 6.07) is 0. The van der Waals surface area contributed by atoms with Crippen molar-refractivity contribution in [2.45, 2.75) is 32.3 Å². The van der Waals surface area contributed by atoms with E-state index < -0.39 is 16.3 Å². The molecule has 0 bridgehead atoms. The maximum Gasteiger partial charge on any atom is 0.422 e. The van der Waals surface area contributed by atoms with Gasteiger partial charge in [-0.3, -0.25) is 0 Å². The number of halogens is 1. The lowest BCUT2D eigenvalue weighted by Crippen LogP contribution is -2.43. The molecule has 0 aromatic heterocycles. The van der Waals surface area contributed by atoms with E-state index >= 15 is 0 Å². The first-order valence-electron chi connectivity index (χ1n) is 4.74. The summed E-state index contributed by atoms with van der Waals surface area (Å²) in [5, 5.41) is -0.345. The minimum absolute atomic E-state index is 0.103. The molecule has 1 amide bonds. The molecule has 0 fully saturated rings. The molecule has 16 heavy (non-hydrogen) atoms. The van der Waals surface area contributed by atoms with Crippen LogP contribution in [0.15, 0.2) is 0 Å². The minimum atomic E-state index is -3.88. The summed E-state index contributed by atoms with van der Waals surface area (Å²) >= 11 is 5.65. The summed E-state index contributed by atoms with van der Waals surface area (Å²) in [5.74, 6) is 0. The zero-order valence-electron chi connectivity index (χ0n) is 9.73. The summed E-state index contributed by atoms with van der Waals surface area (Å²) in [6.07, 6.45) is -1.38. The summed E-state index contributed by atoms with van der Waals surface area (Å²) in [4.78, 5) is 11.1. The van der Waals surface area contributed by atoms with Crippen molar-refractivity contribution in [1.29, 1.82) is 0 Å². The van der Waals surface area contributed by atoms with Gasteiger partial charge in [0.15, 0.2) is 0 Å². The molecule has 6 nitrogen and oxygen atoms in total. The van der Waals surface area contributed by atoms with Crippen LogP contribution in [0.1, 0.15) is 20.8 Å². The van der Waals surface area contributed by atoms with Crippen LogP contribution in [0.2, 0.25) is 0 Å². The molecule has 0 spiro atoms. The summed E-state index contributed by atoms with van der Waals surface area (Å²) < 4.78 is 30.4. The number of hydrogen-bond donors (Lipinski definition) is 1. The molecule has 1 N–H and O–H groups in total. The van der Waals surface area contributed by atoms with Crippen molar-refractivity contribution < 1.29 is 17.9 Å². The van der Waals surface area contributed by atoms with Crippen LogP contribution in [0.4, 0.5) is 4.79 Å². The molecule has 0 aromatic rings. The Morgan fingerprint density at radius 3 is 2.31 bits per heavy atom. The van der Waals surface area contributed by atoms with Gasteiger partial charge in [-0.25, -0.2) is 9.52 Å². The number of alkyl halides is 1. The highest BCUT2D eigenvalue weighted by atomic mass is 35.5. The van der Waals surface area contributed by atoms with Crippen molar-refractivity contribution in [3.63, 3.8) is 0 Å². The lowest BCUT2D eigenvalue weighted by atomic mass is 10.5. The SMILES string of the molecule is CC(Cl)CN(C)S(=O)(=O)NC(=O)OC(C)C. The Labute approximate surface area is 101 Å². The fourth-order valence-electron chi connectivity index (χ4n) is 0.874. The Hall–Kier alpha value is -0.530. The molecule has 1 unspecified atom stereocenters. The average Bonchev–Trinajstić information content (AvgIpc) is 1.98. The molecule has 0 radical (unpaired) electrons. The van der Waals surface area contributed by atoms with Gasteiger partial charge in [-0.2, -0.15) is 12.7 Å². The van der Waals surface area contributed by atoms with Gasteiger partial charge in [-0.15, -0.1) is 11.6 Å². The van der Waals surface area contributed by atoms with Crippen LogP contribution < -0.4 is 4.72 Å². The van der Waals surface area contributed by atoms with Crippen molar-refractivity contribution in [2.24, 2.45) is 0 Å². The van der Waals surface area contributed by atoms with Crippen LogP contribution in [-0.4, -0.2) is 43.9 Å². The Kier molecular flexibility index (Phi) is 6.06. The lowest BCUT2D eigenvalue weighted by molar-refractivity contribution is 0.121. The average molecular weight is 273 g/mol. The van der Waals surface area contributed by atoms with Crippen LogP contribution in [-0.2, 0) is 14.9 Å². The molecule has 0 aliphatic carbocycles. The monoisotopic (exact) mass is 272 g/mol. The Morgan fingerprint density at radius 2 is 1.94 bits per heavy atom. The van der Waals surface area contributed by atoms with Crippen molar-refractivity contribution >= 4 is 27.9 Å². The molecule has 96 valence electrons. The molecule has 0 rings (SSSR count). The molecule has 0 aromatic carbocycles. The van der Waals surface area contributed by atoms with E-state index in [1.807, 2.05) is 0 Å². The number of nitrogens with one attached hydrogen (secondary N) is 1. The van der Waals surface area contributed by atoms with E-state index in [1.54, 1.807) is 25.5 Å². The molecule has 0 heterocycles. The van der Waals surface area contributed by atoms with E-state index in [2.05, 4.69) is 4.74 Å².